The maximum atomic E-state index is 12.0. The Labute approximate surface area is 130 Å². The number of amides is 1. The van der Waals surface area contributed by atoms with Crippen molar-refractivity contribution in [2.75, 3.05) is 6.54 Å². The molecule has 118 valence electrons. The summed E-state index contributed by atoms with van der Waals surface area (Å²) in [7, 11) is 0. The summed E-state index contributed by atoms with van der Waals surface area (Å²) in [5.74, 6) is 0.333. The predicted octanol–water partition coefficient (Wildman–Crippen LogP) is 4.59. The first-order valence-corrected chi connectivity index (χ1v) is 8.20. The van der Waals surface area contributed by atoms with Crippen LogP contribution in [0.4, 0.5) is 0 Å². The summed E-state index contributed by atoms with van der Waals surface area (Å²) in [5.41, 5.74) is 1.67. The van der Waals surface area contributed by atoms with Crippen LogP contribution in [0.1, 0.15) is 58.9 Å². The molecular weight excluding hydrogens is 258 g/mol. The van der Waals surface area contributed by atoms with Crippen LogP contribution < -0.4 is 5.32 Å². The zero-order chi connectivity index (χ0) is 15.7. The van der Waals surface area contributed by atoms with Gasteiger partial charge in [-0.15, -0.1) is 0 Å². The second kappa shape index (κ2) is 8.86. The SMILES string of the molecule is CC(CCCCc1ccccc1)C(=O)NCCC(C)(C)C. The fourth-order valence-corrected chi connectivity index (χ4v) is 2.29. The van der Waals surface area contributed by atoms with Crippen molar-refractivity contribution in [3.05, 3.63) is 35.9 Å². The standard InChI is InChI=1S/C19H31NO/c1-16(18(21)20-15-14-19(2,3)4)10-8-9-13-17-11-6-5-7-12-17/h5-7,11-12,16H,8-10,13-15H2,1-4H3,(H,20,21). The van der Waals surface area contributed by atoms with Gasteiger partial charge in [0, 0.05) is 12.5 Å². The predicted molar refractivity (Wildman–Crippen MR) is 90.2 cm³/mol. The first-order valence-electron chi connectivity index (χ1n) is 8.20. The minimum atomic E-state index is 0.126. The van der Waals surface area contributed by atoms with E-state index < -0.39 is 0 Å². The van der Waals surface area contributed by atoms with Gasteiger partial charge in [-0.2, -0.15) is 0 Å². The van der Waals surface area contributed by atoms with Crippen LogP contribution in [0, 0.1) is 11.3 Å². The highest BCUT2D eigenvalue weighted by molar-refractivity contribution is 5.78. The summed E-state index contributed by atoms with van der Waals surface area (Å²) in [6, 6.07) is 10.6. The van der Waals surface area contributed by atoms with E-state index in [0.29, 0.717) is 0 Å². The molecule has 1 amide bonds. The molecule has 0 fully saturated rings. The van der Waals surface area contributed by atoms with Crippen LogP contribution in [0.5, 0.6) is 0 Å². The number of hydrogen-bond donors (Lipinski definition) is 1. The lowest BCUT2D eigenvalue weighted by atomic mass is 9.92. The molecule has 0 radical (unpaired) electrons. The number of rotatable bonds is 8. The zero-order valence-electron chi connectivity index (χ0n) is 14.1. The normalized spacial score (nSPS) is 13.0. The van der Waals surface area contributed by atoms with Gasteiger partial charge in [0.2, 0.25) is 5.91 Å². The molecule has 0 aliphatic heterocycles. The third-order valence-electron chi connectivity index (χ3n) is 3.82. The van der Waals surface area contributed by atoms with E-state index in [2.05, 4.69) is 50.4 Å². The molecule has 2 heteroatoms. The third kappa shape index (κ3) is 8.54. The Morgan fingerprint density at radius 2 is 1.81 bits per heavy atom. The van der Waals surface area contributed by atoms with Gasteiger partial charge in [-0.1, -0.05) is 64.4 Å². The maximum Gasteiger partial charge on any atom is 0.222 e. The average molecular weight is 289 g/mol. The van der Waals surface area contributed by atoms with Crippen LogP contribution >= 0.6 is 0 Å². The first kappa shape index (κ1) is 17.7. The highest BCUT2D eigenvalue weighted by Crippen LogP contribution is 2.17. The Morgan fingerprint density at radius 3 is 2.43 bits per heavy atom. The fourth-order valence-electron chi connectivity index (χ4n) is 2.29. The van der Waals surface area contributed by atoms with Crippen LogP contribution in [0.15, 0.2) is 30.3 Å². The number of carbonyl (C=O) groups excluding carboxylic acids is 1. The van der Waals surface area contributed by atoms with Gasteiger partial charge in [0.25, 0.3) is 0 Å². The molecule has 1 aromatic rings. The Balaban J connectivity index is 2.12. The smallest absolute Gasteiger partial charge is 0.222 e. The van der Waals surface area contributed by atoms with E-state index in [0.717, 1.165) is 38.6 Å². The molecule has 21 heavy (non-hydrogen) atoms. The van der Waals surface area contributed by atoms with Crippen LogP contribution in [0.2, 0.25) is 0 Å². The minimum Gasteiger partial charge on any atom is -0.356 e. The van der Waals surface area contributed by atoms with Gasteiger partial charge in [-0.25, -0.2) is 0 Å². The second-order valence-corrected chi connectivity index (χ2v) is 7.23. The first-order chi connectivity index (χ1) is 9.88. The van der Waals surface area contributed by atoms with Crippen molar-refractivity contribution < 1.29 is 4.79 Å². The largest absolute Gasteiger partial charge is 0.356 e. The quantitative estimate of drug-likeness (QED) is 0.697. The van der Waals surface area contributed by atoms with E-state index >= 15 is 0 Å². The lowest BCUT2D eigenvalue weighted by Crippen LogP contribution is -2.31. The fraction of sp³-hybridized carbons (Fsp3) is 0.632. The molecule has 0 aliphatic rings. The van der Waals surface area contributed by atoms with Crippen molar-refractivity contribution in [3.63, 3.8) is 0 Å². The molecule has 0 aliphatic carbocycles. The molecule has 0 aromatic heterocycles. The van der Waals surface area contributed by atoms with Crippen molar-refractivity contribution >= 4 is 5.91 Å². The lowest BCUT2D eigenvalue weighted by Gasteiger charge is -2.19. The van der Waals surface area contributed by atoms with Crippen LogP contribution in [0.3, 0.4) is 0 Å². The van der Waals surface area contributed by atoms with Crippen molar-refractivity contribution in [1.82, 2.24) is 5.32 Å². The van der Waals surface area contributed by atoms with Crippen molar-refractivity contribution in [2.45, 2.75) is 59.8 Å². The molecule has 0 heterocycles. The number of aryl methyl sites for hydroxylation is 1. The summed E-state index contributed by atoms with van der Waals surface area (Å²) < 4.78 is 0. The number of benzene rings is 1. The van der Waals surface area contributed by atoms with E-state index in [9.17, 15) is 4.79 Å². The molecular formula is C19H31NO. The van der Waals surface area contributed by atoms with Gasteiger partial charge >= 0.3 is 0 Å². The van der Waals surface area contributed by atoms with E-state index in [4.69, 9.17) is 0 Å². The van der Waals surface area contributed by atoms with Crippen LogP contribution in [-0.4, -0.2) is 12.5 Å². The van der Waals surface area contributed by atoms with Gasteiger partial charge in [0.05, 0.1) is 0 Å². The Morgan fingerprint density at radius 1 is 1.14 bits per heavy atom. The van der Waals surface area contributed by atoms with Gasteiger partial charge in [-0.3, -0.25) is 4.79 Å². The molecule has 0 saturated carbocycles. The van der Waals surface area contributed by atoms with E-state index in [1.807, 2.05) is 13.0 Å². The Bertz CT molecular complexity index is 405. The summed E-state index contributed by atoms with van der Waals surface area (Å²) >= 11 is 0. The summed E-state index contributed by atoms with van der Waals surface area (Å²) in [6.45, 7) is 9.43. The summed E-state index contributed by atoms with van der Waals surface area (Å²) in [5, 5.41) is 3.06. The minimum absolute atomic E-state index is 0.126. The number of carbonyl (C=O) groups is 1. The number of unbranched alkanes of at least 4 members (excludes halogenated alkanes) is 1. The van der Waals surface area contributed by atoms with Crippen LogP contribution in [-0.2, 0) is 11.2 Å². The average Bonchev–Trinajstić information content (AvgIpc) is 2.43. The monoisotopic (exact) mass is 289 g/mol. The van der Waals surface area contributed by atoms with E-state index in [-0.39, 0.29) is 17.2 Å². The molecule has 1 unspecified atom stereocenters. The van der Waals surface area contributed by atoms with E-state index in [1.54, 1.807) is 0 Å². The molecule has 2 nitrogen and oxygen atoms in total. The topological polar surface area (TPSA) is 29.1 Å². The molecule has 0 bridgehead atoms. The maximum absolute atomic E-state index is 12.0. The Kier molecular flexibility index (Phi) is 7.49. The molecule has 1 atom stereocenters. The number of hydrogen-bond acceptors (Lipinski definition) is 1. The molecule has 0 saturated heterocycles. The highest BCUT2D eigenvalue weighted by Gasteiger charge is 2.14. The van der Waals surface area contributed by atoms with Gasteiger partial charge in [0.1, 0.15) is 0 Å². The van der Waals surface area contributed by atoms with Gasteiger partial charge in [-0.05, 0) is 36.7 Å². The third-order valence-corrected chi connectivity index (χ3v) is 3.82. The summed E-state index contributed by atoms with van der Waals surface area (Å²) in [4.78, 5) is 12.0. The molecule has 0 spiro atoms. The second-order valence-electron chi connectivity index (χ2n) is 7.23. The number of nitrogens with one attached hydrogen (secondary N) is 1. The van der Waals surface area contributed by atoms with Crippen molar-refractivity contribution in [3.8, 4) is 0 Å². The Hall–Kier alpha value is -1.31. The summed E-state index contributed by atoms with van der Waals surface area (Å²) in [6.07, 6.45) is 5.39. The van der Waals surface area contributed by atoms with Crippen LogP contribution in [0.25, 0.3) is 0 Å². The van der Waals surface area contributed by atoms with E-state index in [1.165, 1.54) is 5.56 Å². The molecule has 1 rings (SSSR count). The molecule has 1 aromatic carbocycles. The van der Waals surface area contributed by atoms with Gasteiger partial charge in [0.15, 0.2) is 0 Å². The van der Waals surface area contributed by atoms with Gasteiger partial charge < -0.3 is 5.32 Å². The van der Waals surface area contributed by atoms with Crippen molar-refractivity contribution in [2.24, 2.45) is 11.3 Å². The highest BCUT2D eigenvalue weighted by atomic mass is 16.1. The zero-order valence-corrected chi connectivity index (χ0v) is 14.1. The van der Waals surface area contributed by atoms with Crippen molar-refractivity contribution in [1.29, 1.82) is 0 Å². The molecule has 1 N–H and O–H groups in total. The lowest BCUT2D eigenvalue weighted by molar-refractivity contribution is -0.124.